The Balaban J connectivity index is 2.19. The van der Waals surface area contributed by atoms with Crippen LogP contribution in [0.25, 0.3) is 22.4 Å². The first-order chi connectivity index (χ1) is 12.4. The maximum absolute atomic E-state index is 10.8. The summed E-state index contributed by atoms with van der Waals surface area (Å²) in [4.78, 5) is 14.6. The standard InChI is InChI=1S/C18H10Cl2N4O2/c19-11-3-6-13(16(20)7-11)14-8-17(23-18(22)15(14)9-21)10-1-4-12(5-2-10)24(25)26/h1-8H,(H2,22,23). The van der Waals surface area contributed by atoms with Gasteiger partial charge in [-0.15, -0.1) is 0 Å². The summed E-state index contributed by atoms with van der Waals surface area (Å²) in [5, 5.41) is 21.1. The smallest absolute Gasteiger partial charge is 0.269 e. The van der Waals surface area contributed by atoms with Crippen molar-refractivity contribution in [3.8, 4) is 28.5 Å². The lowest BCUT2D eigenvalue weighted by molar-refractivity contribution is -0.384. The van der Waals surface area contributed by atoms with E-state index in [1.807, 2.05) is 6.07 Å². The Bertz CT molecular complexity index is 1060. The summed E-state index contributed by atoms with van der Waals surface area (Å²) in [5.74, 6) is 0.0457. The molecule has 0 aliphatic heterocycles. The number of nitro groups is 1. The quantitative estimate of drug-likeness (QED) is 0.500. The third-order valence-corrected chi connectivity index (χ3v) is 4.30. The molecular formula is C18H10Cl2N4O2. The molecule has 1 aromatic heterocycles. The number of nitriles is 1. The SMILES string of the molecule is N#Cc1c(-c2ccc(Cl)cc2Cl)cc(-c2ccc([N+](=O)[O-])cc2)nc1N. The molecule has 0 saturated carbocycles. The third kappa shape index (κ3) is 3.31. The molecule has 1 heterocycles. The molecule has 0 aliphatic rings. The largest absolute Gasteiger partial charge is 0.383 e. The van der Waals surface area contributed by atoms with Crippen LogP contribution in [0.2, 0.25) is 10.0 Å². The van der Waals surface area contributed by atoms with Crippen LogP contribution >= 0.6 is 23.2 Å². The van der Waals surface area contributed by atoms with Crippen LogP contribution in [0.1, 0.15) is 5.56 Å². The van der Waals surface area contributed by atoms with Crippen LogP contribution in [-0.4, -0.2) is 9.91 Å². The second-order valence-corrected chi connectivity index (χ2v) is 6.20. The van der Waals surface area contributed by atoms with Gasteiger partial charge >= 0.3 is 0 Å². The van der Waals surface area contributed by atoms with Gasteiger partial charge in [0.1, 0.15) is 17.5 Å². The van der Waals surface area contributed by atoms with Crippen molar-refractivity contribution >= 4 is 34.7 Å². The van der Waals surface area contributed by atoms with Crippen LogP contribution in [0.5, 0.6) is 0 Å². The summed E-state index contributed by atoms with van der Waals surface area (Å²) in [6.07, 6.45) is 0. The summed E-state index contributed by atoms with van der Waals surface area (Å²) in [6, 6.07) is 14.5. The molecule has 0 radical (unpaired) electrons. The molecule has 3 rings (SSSR count). The average Bonchev–Trinajstić information content (AvgIpc) is 2.61. The average molecular weight is 385 g/mol. The predicted octanol–water partition coefficient (Wildman–Crippen LogP) is 5.08. The third-order valence-electron chi connectivity index (χ3n) is 3.75. The maximum Gasteiger partial charge on any atom is 0.269 e. The summed E-state index contributed by atoms with van der Waals surface area (Å²) in [5.41, 5.74) is 8.31. The van der Waals surface area contributed by atoms with E-state index < -0.39 is 4.92 Å². The Morgan fingerprint density at radius 2 is 1.77 bits per heavy atom. The molecule has 3 aromatic rings. The second kappa shape index (κ2) is 7.00. The summed E-state index contributed by atoms with van der Waals surface area (Å²) in [6.45, 7) is 0. The molecule has 6 nitrogen and oxygen atoms in total. The van der Waals surface area contributed by atoms with Crippen molar-refractivity contribution in [2.75, 3.05) is 5.73 Å². The minimum Gasteiger partial charge on any atom is -0.383 e. The number of nitrogens with zero attached hydrogens (tertiary/aromatic N) is 3. The molecule has 2 aromatic carbocycles. The fourth-order valence-electron chi connectivity index (χ4n) is 2.50. The number of pyridine rings is 1. The fourth-order valence-corrected chi connectivity index (χ4v) is 3.01. The van der Waals surface area contributed by atoms with Crippen LogP contribution in [0.15, 0.2) is 48.5 Å². The Morgan fingerprint density at radius 1 is 1.08 bits per heavy atom. The number of aromatic nitrogens is 1. The molecular weight excluding hydrogens is 375 g/mol. The number of anilines is 1. The fraction of sp³-hybridized carbons (Fsp3) is 0. The van der Waals surface area contributed by atoms with Crippen molar-refractivity contribution in [3.05, 3.63) is 74.3 Å². The number of rotatable bonds is 3. The van der Waals surface area contributed by atoms with Crippen molar-refractivity contribution < 1.29 is 4.92 Å². The van der Waals surface area contributed by atoms with Gasteiger partial charge in [-0.25, -0.2) is 4.98 Å². The Labute approximate surface area is 158 Å². The van der Waals surface area contributed by atoms with E-state index in [4.69, 9.17) is 28.9 Å². The number of halogens is 2. The van der Waals surface area contributed by atoms with E-state index in [9.17, 15) is 15.4 Å². The van der Waals surface area contributed by atoms with Gasteiger partial charge in [0, 0.05) is 38.9 Å². The molecule has 0 bridgehead atoms. The highest BCUT2D eigenvalue weighted by molar-refractivity contribution is 6.36. The first kappa shape index (κ1) is 17.7. The summed E-state index contributed by atoms with van der Waals surface area (Å²) < 4.78 is 0. The first-order valence-corrected chi connectivity index (χ1v) is 8.07. The highest BCUT2D eigenvalue weighted by Crippen LogP contribution is 2.36. The van der Waals surface area contributed by atoms with E-state index in [-0.39, 0.29) is 17.1 Å². The van der Waals surface area contributed by atoms with Gasteiger partial charge in [-0.05, 0) is 30.3 Å². The molecule has 0 fully saturated rings. The number of non-ortho nitro benzene ring substituents is 1. The lowest BCUT2D eigenvalue weighted by Crippen LogP contribution is -2.00. The molecule has 0 saturated heterocycles. The van der Waals surface area contributed by atoms with Gasteiger partial charge in [0.25, 0.3) is 5.69 Å². The predicted molar refractivity (Wildman–Crippen MR) is 101 cm³/mol. The second-order valence-electron chi connectivity index (χ2n) is 5.36. The minimum absolute atomic E-state index is 0.0312. The summed E-state index contributed by atoms with van der Waals surface area (Å²) in [7, 11) is 0. The van der Waals surface area contributed by atoms with Gasteiger partial charge in [0.05, 0.1) is 10.6 Å². The highest BCUT2D eigenvalue weighted by atomic mass is 35.5. The van der Waals surface area contributed by atoms with Crippen molar-refractivity contribution in [3.63, 3.8) is 0 Å². The van der Waals surface area contributed by atoms with Gasteiger partial charge in [0.15, 0.2) is 0 Å². The lowest BCUT2D eigenvalue weighted by Gasteiger charge is -2.11. The first-order valence-electron chi connectivity index (χ1n) is 7.31. The topological polar surface area (TPSA) is 106 Å². The Kier molecular flexibility index (Phi) is 4.76. The molecule has 8 heteroatoms. The summed E-state index contributed by atoms with van der Waals surface area (Å²) >= 11 is 12.2. The normalized spacial score (nSPS) is 10.3. The maximum atomic E-state index is 10.8. The molecule has 0 unspecified atom stereocenters. The van der Waals surface area contributed by atoms with E-state index in [2.05, 4.69) is 4.98 Å². The van der Waals surface area contributed by atoms with Crippen molar-refractivity contribution in [1.29, 1.82) is 5.26 Å². The number of nitro benzene ring substituents is 1. The minimum atomic E-state index is -0.483. The van der Waals surface area contributed by atoms with Crippen LogP contribution in [0.4, 0.5) is 11.5 Å². The lowest BCUT2D eigenvalue weighted by atomic mass is 9.98. The number of hydrogen-bond donors (Lipinski definition) is 1. The van der Waals surface area contributed by atoms with Gasteiger partial charge < -0.3 is 5.73 Å². The van der Waals surface area contributed by atoms with Crippen molar-refractivity contribution in [1.82, 2.24) is 4.98 Å². The van der Waals surface area contributed by atoms with E-state index in [0.717, 1.165) is 0 Å². The number of benzene rings is 2. The van der Waals surface area contributed by atoms with Crippen LogP contribution in [0.3, 0.4) is 0 Å². The molecule has 0 aliphatic carbocycles. The van der Waals surface area contributed by atoms with E-state index in [1.54, 1.807) is 36.4 Å². The molecule has 0 atom stereocenters. The van der Waals surface area contributed by atoms with E-state index in [0.29, 0.717) is 32.4 Å². The van der Waals surface area contributed by atoms with Gasteiger partial charge in [0.2, 0.25) is 0 Å². The van der Waals surface area contributed by atoms with Crippen LogP contribution < -0.4 is 5.73 Å². The van der Waals surface area contributed by atoms with Crippen LogP contribution in [0, 0.1) is 21.4 Å². The van der Waals surface area contributed by atoms with Crippen molar-refractivity contribution in [2.24, 2.45) is 0 Å². The number of hydrogen-bond acceptors (Lipinski definition) is 5. The number of nitrogen functional groups attached to an aromatic ring is 1. The van der Waals surface area contributed by atoms with Gasteiger partial charge in [-0.3, -0.25) is 10.1 Å². The highest BCUT2D eigenvalue weighted by Gasteiger charge is 2.16. The zero-order valence-corrected chi connectivity index (χ0v) is 14.6. The zero-order chi connectivity index (χ0) is 18.8. The Morgan fingerprint density at radius 3 is 2.35 bits per heavy atom. The number of nitrogens with two attached hydrogens (primary N) is 1. The molecule has 2 N–H and O–H groups in total. The molecule has 26 heavy (non-hydrogen) atoms. The Hall–Kier alpha value is -3.14. The molecule has 0 amide bonds. The van der Waals surface area contributed by atoms with Crippen LogP contribution in [-0.2, 0) is 0 Å². The van der Waals surface area contributed by atoms with E-state index in [1.165, 1.54) is 12.1 Å². The van der Waals surface area contributed by atoms with E-state index >= 15 is 0 Å². The molecule has 0 spiro atoms. The van der Waals surface area contributed by atoms with Crippen molar-refractivity contribution in [2.45, 2.75) is 0 Å². The molecule has 128 valence electrons. The monoisotopic (exact) mass is 384 g/mol. The van der Waals surface area contributed by atoms with Gasteiger partial charge in [-0.2, -0.15) is 5.26 Å². The zero-order valence-electron chi connectivity index (χ0n) is 13.1. The van der Waals surface area contributed by atoms with Gasteiger partial charge in [-0.1, -0.05) is 29.3 Å².